The van der Waals surface area contributed by atoms with Crippen LogP contribution in [0.15, 0.2) is 66.7 Å². The van der Waals surface area contributed by atoms with Crippen LogP contribution in [0.5, 0.6) is 5.75 Å². The van der Waals surface area contributed by atoms with E-state index < -0.39 is 30.5 Å². The van der Waals surface area contributed by atoms with Gasteiger partial charge in [-0.2, -0.15) is 5.26 Å². The smallest absolute Gasteiger partial charge is 0.410 e. The zero-order chi connectivity index (χ0) is 24.1. The Morgan fingerprint density at radius 3 is 2.62 bits per heavy atom. The van der Waals surface area contributed by atoms with Gasteiger partial charge in [0, 0.05) is 12.1 Å². The Kier molecular flexibility index (Phi) is 6.74. The Morgan fingerprint density at radius 2 is 1.88 bits per heavy atom. The number of halogens is 1. The molecule has 0 saturated carbocycles. The normalized spacial score (nSPS) is 14.6. The number of benzene rings is 3. The lowest BCUT2D eigenvalue weighted by Crippen LogP contribution is -2.41. The van der Waals surface area contributed by atoms with Gasteiger partial charge in [-0.05, 0) is 47.4 Å². The minimum atomic E-state index is -1.18. The van der Waals surface area contributed by atoms with Gasteiger partial charge in [-0.1, -0.05) is 42.5 Å². The monoisotopic (exact) mass is 460 g/mol. The van der Waals surface area contributed by atoms with Gasteiger partial charge >= 0.3 is 12.1 Å². The highest BCUT2D eigenvalue weighted by Gasteiger charge is 2.36. The Bertz CT molecular complexity index is 1260. The van der Waals surface area contributed by atoms with Crippen LogP contribution in [0.25, 0.3) is 0 Å². The van der Waals surface area contributed by atoms with Crippen molar-refractivity contribution in [1.29, 1.82) is 5.26 Å². The van der Waals surface area contributed by atoms with Gasteiger partial charge in [-0.15, -0.1) is 0 Å². The number of nitrogens with zero attached hydrogens (tertiary/aromatic N) is 2. The molecular weight excluding hydrogens is 439 g/mol. The van der Waals surface area contributed by atoms with Gasteiger partial charge in [0.05, 0.1) is 17.7 Å². The van der Waals surface area contributed by atoms with Crippen LogP contribution in [0.2, 0.25) is 0 Å². The van der Waals surface area contributed by atoms with E-state index >= 15 is 0 Å². The van der Waals surface area contributed by atoms with Gasteiger partial charge in [-0.3, -0.25) is 4.90 Å². The van der Waals surface area contributed by atoms with Crippen LogP contribution >= 0.6 is 0 Å². The highest BCUT2D eigenvalue weighted by Crippen LogP contribution is 2.41. The highest BCUT2D eigenvalue weighted by atomic mass is 19.1. The molecule has 0 radical (unpaired) electrons. The molecule has 1 atom stereocenters. The number of hydrogen-bond donors (Lipinski definition) is 1. The molecule has 3 aromatic carbocycles. The van der Waals surface area contributed by atoms with Crippen LogP contribution in [0.1, 0.15) is 33.9 Å². The largest absolute Gasteiger partial charge is 0.482 e. The molecule has 8 heteroatoms. The summed E-state index contributed by atoms with van der Waals surface area (Å²) in [5, 5.41) is 18.5. The molecule has 0 bridgehead atoms. The molecule has 0 unspecified atom stereocenters. The number of carboxylic acid groups (broad SMARTS) is 1. The van der Waals surface area contributed by atoms with E-state index in [1.54, 1.807) is 12.1 Å². The maximum atomic E-state index is 14.7. The maximum absolute atomic E-state index is 14.7. The van der Waals surface area contributed by atoms with Crippen LogP contribution in [-0.2, 0) is 22.6 Å². The Hall–Kier alpha value is -4.38. The lowest BCUT2D eigenvalue weighted by molar-refractivity contribution is -0.139. The minimum absolute atomic E-state index is 0.0551. The number of ether oxygens (including phenoxy) is 2. The summed E-state index contributed by atoms with van der Waals surface area (Å²) in [5.74, 6) is -1.39. The van der Waals surface area contributed by atoms with Crippen molar-refractivity contribution in [2.24, 2.45) is 0 Å². The zero-order valence-electron chi connectivity index (χ0n) is 18.1. The number of carbonyl (C=O) groups excluding carboxylic acids is 1. The first-order chi connectivity index (χ1) is 16.5. The Labute approximate surface area is 195 Å². The number of rotatable bonds is 6. The second-order valence-corrected chi connectivity index (χ2v) is 7.74. The molecule has 0 aliphatic carbocycles. The minimum Gasteiger partial charge on any atom is -0.482 e. The number of nitriles is 1. The molecule has 1 aliphatic heterocycles. The average Bonchev–Trinajstić information content (AvgIpc) is 2.86. The molecule has 0 fully saturated rings. The molecular formula is C26H21FN2O5. The molecule has 172 valence electrons. The maximum Gasteiger partial charge on any atom is 0.410 e. The summed E-state index contributed by atoms with van der Waals surface area (Å²) in [7, 11) is 0. The van der Waals surface area contributed by atoms with Crippen molar-refractivity contribution in [3.63, 3.8) is 0 Å². The number of amides is 1. The van der Waals surface area contributed by atoms with E-state index in [-0.39, 0.29) is 25.3 Å². The van der Waals surface area contributed by atoms with Crippen molar-refractivity contribution in [3.05, 3.63) is 100 Å². The topological polar surface area (TPSA) is 99.9 Å². The fourth-order valence-corrected chi connectivity index (χ4v) is 4.06. The third kappa shape index (κ3) is 4.84. The predicted octanol–water partition coefficient (Wildman–Crippen LogP) is 4.45. The van der Waals surface area contributed by atoms with E-state index in [1.165, 1.54) is 29.2 Å². The van der Waals surface area contributed by atoms with Crippen LogP contribution < -0.4 is 4.74 Å². The van der Waals surface area contributed by atoms with Crippen molar-refractivity contribution in [2.75, 3.05) is 13.2 Å². The predicted molar refractivity (Wildman–Crippen MR) is 120 cm³/mol. The van der Waals surface area contributed by atoms with Crippen LogP contribution in [0.3, 0.4) is 0 Å². The van der Waals surface area contributed by atoms with Gasteiger partial charge in [0.25, 0.3) is 0 Å². The van der Waals surface area contributed by atoms with Crippen LogP contribution in [0.4, 0.5) is 9.18 Å². The third-order valence-electron chi connectivity index (χ3n) is 5.59. The van der Waals surface area contributed by atoms with Crippen molar-refractivity contribution in [1.82, 2.24) is 4.90 Å². The van der Waals surface area contributed by atoms with E-state index in [1.807, 2.05) is 36.4 Å². The van der Waals surface area contributed by atoms with E-state index in [0.717, 1.165) is 5.56 Å². The summed E-state index contributed by atoms with van der Waals surface area (Å²) >= 11 is 0. The van der Waals surface area contributed by atoms with Gasteiger partial charge in [-0.25, -0.2) is 14.0 Å². The molecule has 4 rings (SSSR count). The molecule has 7 nitrogen and oxygen atoms in total. The van der Waals surface area contributed by atoms with Crippen molar-refractivity contribution >= 4 is 12.1 Å². The molecule has 0 saturated heterocycles. The number of carboxylic acids is 1. The first kappa shape index (κ1) is 22.8. The second-order valence-electron chi connectivity index (χ2n) is 7.74. The number of fused-ring (bicyclic) bond motifs is 1. The lowest BCUT2D eigenvalue weighted by atomic mass is 9.87. The first-order valence-electron chi connectivity index (χ1n) is 10.6. The van der Waals surface area contributed by atoms with Crippen molar-refractivity contribution < 1.29 is 28.6 Å². The Balaban J connectivity index is 1.75. The quantitative estimate of drug-likeness (QED) is 0.584. The van der Waals surface area contributed by atoms with Gasteiger partial charge in [0.1, 0.15) is 18.2 Å². The van der Waals surface area contributed by atoms with E-state index in [9.17, 15) is 19.2 Å². The van der Waals surface area contributed by atoms with Gasteiger partial charge < -0.3 is 14.6 Å². The fraction of sp³-hybridized carbons (Fsp3) is 0.192. The summed E-state index contributed by atoms with van der Waals surface area (Å²) in [6, 6.07) is 19.5. The molecule has 3 aromatic rings. The molecule has 34 heavy (non-hydrogen) atoms. The fourth-order valence-electron chi connectivity index (χ4n) is 4.06. The standard InChI is InChI=1S/C26H21FN2O5/c27-22-8-4-7-20-19(22)11-12-29(26(32)34-15-17-5-2-1-3-6-17)25(20)21-13-18(14-28)9-10-23(21)33-16-24(30)31/h1-10,13,25H,11-12,15-16H2,(H,30,31)/t25-/m0/s1. The molecule has 1 heterocycles. The summed E-state index contributed by atoms with van der Waals surface area (Å²) < 4.78 is 25.7. The third-order valence-corrected chi connectivity index (χ3v) is 5.59. The SMILES string of the molecule is N#Cc1ccc(OCC(=O)O)c([C@@H]2c3cccc(F)c3CCN2C(=O)OCc2ccccc2)c1. The summed E-state index contributed by atoms with van der Waals surface area (Å²) in [5.41, 5.74) is 2.46. The first-order valence-corrected chi connectivity index (χ1v) is 10.6. The average molecular weight is 460 g/mol. The van der Waals surface area contributed by atoms with E-state index in [0.29, 0.717) is 22.3 Å². The highest BCUT2D eigenvalue weighted by molar-refractivity contribution is 5.71. The van der Waals surface area contributed by atoms with Gasteiger partial charge in [0.2, 0.25) is 0 Å². The number of hydrogen-bond acceptors (Lipinski definition) is 5. The summed E-state index contributed by atoms with van der Waals surface area (Å²) in [6.45, 7) is -0.388. The van der Waals surface area contributed by atoms with Crippen LogP contribution in [0, 0.1) is 17.1 Å². The number of aliphatic carboxylic acids is 1. The Morgan fingerprint density at radius 1 is 1.09 bits per heavy atom. The number of carbonyl (C=O) groups is 2. The lowest BCUT2D eigenvalue weighted by Gasteiger charge is -2.37. The second kappa shape index (κ2) is 10.0. The molecule has 1 amide bonds. The molecule has 1 aliphatic rings. The summed E-state index contributed by atoms with van der Waals surface area (Å²) in [6.07, 6.45) is -0.335. The molecule has 0 spiro atoms. The van der Waals surface area contributed by atoms with E-state index in [2.05, 4.69) is 0 Å². The molecule has 1 N–H and O–H groups in total. The van der Waals surface area contributed by atoms with Crippen molar-refractivity contribution in [2.45, 2.75) is 19.1 Å². The van der Waals surface area contributed by atoms with Gasteiger partial charge in [0.15, 0.2) is 6.61 Å². The van der Waals surface area contributed by atoms with E-state index in [4.69, 9.17) is 14.6 Å². The van der Waals surface area contributed by atoms with Crippen LogP contribution in [-0.4, -0.2) is 35.2 Å². The van der Waals surface area contributed by atoms with Crippen molar-refractivity contribution in [3.8, 4) is 11.8 Å². The molecule has 0 aromatic heterocycles. The summed E-state index contributed by atoms with van der Waals surface area (Å²) in [4.78, 5) is 25.8. The zero-order valence-corrected chi connectivity index (χ0v) is 18.1.